The van der Waals surface area contributed by atoms with Crippen molar-refractivity contribution >= 4 is 17.5 Å². The van der Waals surface area contributed by atoms with Crippen LogP contribution in [0.25, 0.3) is 0 Å². The second-order valence-electron chi connectivity index (χ2n) is 7.54. The van der Waals surface area contributed by atoms with Gasteiger partial charge in [-0.1, -0.05) is 11.6 Å². The SMILES string of the molecule is Cc1cnc(C(=O)NC2C3CC4CC2CC(O)(C4)C3)c(Cl)c1. The molecular formula is C17H21ClN2O2. The molecular weight excluding hydrogens is 300 g/mol. The van der Waals surface area contributed by atoms with Crippen molar-refractivity contribution in [3.8, 4) is 0 Å². The van der Waals surface area contributed by atoms with E-state index in [1.54, 1.807) is 12.3 Å². The molecule has 1 aromatic heterocycles. The maximum Gasteiger partial charge on any atom is 0.271 e. The predicted octanol–water partition coefficient (Wildman–Crippen LogP) is 2.71. The standard InChI is InChI=1S/C17H21ClN2O2/c1-9-2-13(18)15(19-8-9)16(21)20-14-11-3-10-4-12(14)7-17(22,5-10)6-11/h2,8,10-12,14,22H,3-7H2,1H3,(H,20,21). The summed E-state index contributed by atoms with van der Waals surface area (Å²) >= 11 is 6.15. The van der Waals surface area contributed by atoms with E-state index in [-0.39, 0.29) is 11.9 Å². The zero-order valence-electron chi connectivity index (χ0n) is 12.7. The van der Waals surface area contributed by atoms with E-state index in [0.29, 0.717) is 28.5 Å². The van der Waals surface area contributed by atoms with E-state index in [1.807, 2.05) is 6.92 Å². The molecule has 0 aliphatic heterocycles. The Bertz CT molecular complexity index is 617. The molecule has 4 fully saturated rings. The smallest absolute Gasteiger partial charge is 0.271 e. The Labute approximate surface area is 135 Å². The number of carbonyl (C=O) groups is 1. The highest BCUT2D eigenvalue weighted by molar-refractivity contribution is 6.33. The Morgan fingerprint density at radius 1 is 1.36 bits per heavy atom. The summed E-state index contributed by atoms with van der Waals surface area (Å²) < 4.78 is 0. The third-order valence-corrected chi connectivity index (χ3v) is 6.02. The number of hydrogen-bond donors (Lipinski definition) is 2. The lowest BCUT2D eigenvalue weighted by Gasteiger charge is -2.58. The number of nitrogens with one attached hydrogen (secondary N) is 1. The van der Waals surface area contributed by atoms with Crippen LogP contribution in [0.5, 0.6) is 0 Å². The molecule has 4 saturated carbocycles. The summed E-state index contributed by atoms with van der Waals surface area (Å²) in [7, 11) is 0. The molecule has 1 aromatic rings. The molecule has 4 bridgehead atoms. The van der Waals surface area contributed by atoms with E-state index < -0.39 is 5.60 Å². The molecule has 0 radical (unpaired) electrons. The Hall–Kier alpha value is -1.13. The predicted molar refractivity (Wildman–Crippen MR) is 83.7 cm³/mol. The van der Waals surface area contributed by atoms with Gasteiger partial charge in [0.25, 0.3) is 5.91 Å². The first-order chi connectivity index (χ1) is 10.4. The quantitative estimate of drug-likeness (QED) is 0.880. The first-order valence-electron chi connectivity index (χ1n) is 8.09. The van der Waals surface area contributed by atoms with Crippen LogP contribution in [0.15, 0.2) is 12.3 Å². The third-order valence-electron chi connectivity index (χ3n) is 5.73. The molecule has 2 unspecified atom stereocenters. The first kappa shape index (κ1) is 14.5. The minimum absolute atomic E-state index is 0.156. The van der Waals surface area contributed by atoms with E-state index in [1.165, 1.54) is 0 Å². The number of aliphatic hydroxyl groups is 1. The van der Waals surface area contributed by atoms with Gasteiger partial charge in [-0.15, -0.1) is 0 Å². The fourth-order valence-electron chi connectivity index (χ4n) is 5.14. The van der Waals surface area contributed by atoms with E-state index in [2.05, 4.69) is 10.3 Å². The maximum atomic E-state index is 12.5. The second kappa shape index (κ2) is 4.93. The third kappa shape index (κ3) is 2.33. The second-order valence-corrected chi connectivity index (χ2v) is 7.94. The number of aryl methyl sites for hydroxylation is 1. The van der Waals surface area contributed by atoms with Crippen LogP contribution in [0.1, 0.15) is 48.2 Å². The van der Waals surface area contributed by atoms with Crippen LogP contribution < -0.4 is 5.32 Å². The van der Waals surface area contributed by atoms with Crippen molar-refractivity contribution < 1.29 is 9.90 Å². The number of aromatic nitrogens is 1. The lowest BCUT2D eigenvalue weighted by Crippen LogP contribution is -2.61. The van der Waals surface area contributed by atoms with Gasteiger partial charge in [0.2, 0.25) is 0 Å². The summed E-state index contributed by atoms with van der Waals surface area (Å²) in [5, 5.41) is 14.2. The number of pyridine rings is 1. The van der Waals surface area contributed by atoms with E-state index in [9.17, 15) is 9.90 Å². The highest BCUT2D eigenvalue weighted by atomic mass is 35.5. The highest BCUT2D eigenvalue weighted by Crippen LogP contribution is 2.55. The van der Waals surface area contributed by atoms with Gasteiger partial charge in [0.15, 0.2) is 0 Å². The maximum absolute atomic E-state index is 12.5. The zero-order chi connectivity index (χ0) is 15.5. The van der Waals surface area contributed by atoms with Gasteiger partial charge in [0.05, 0.1) is 10.6 Å². The Balaban J connectivity index is 1.53. The monoisotopic (exact) mass is 320 g/mol. The fourth-order valence-corrected chi connectivity index (χ4v) is 5.44. The molecule has 5 rings (SSSR count). The summed E-state index contributed by atoms with van der Waals surface area (Å²) in [6.45, 7) is 1.90. The van der Waals surface area contributed by atoms with Crippen molar-refractivity contribution in [1.82, 2.24) is 10.3 Å². The summed E-state index contributed by atoms with van der Waals surface area (Å²) in [5.74, 6) is 1.24. The van der Waals surface area contributed by atoms with Crippen LogP contribution in [0, 0.1) is 24.7 Å². The van der Waals surface area contributed by atoms with Crippen LogP contribution in [-0.4, -0.2) is 27.6 Å². The van der Waals surface area contributed by atoms with Gasteiger partial charge in [-0.25, -0.2) is 4.98 Å². The lowest BCUT2D eigenvalue weighted by atomic mass is 9.52. The number of halogens is 1. The van der Waals surface area contributed by atoms with Crippen molar-refractivity contribution in [2.45, 2.75) is 50.7 Å². The normalized spacial score (nSPS) is 39.0. The number of nitrogens with zero attached hydrogens (tertiary/aromatic N) is 1. The van der Waals surface area contributed by atoms with Crippen LogP contribution in [0.3, 0.4) is 0 Å². The largest absolute Gasteiger partial charge is 0.390 e. The van der Waals surface area contributed by atoms with Crippen molar-refractivity contribution in [3.05, 3.63) is 28.5 Å². The Kier molecular flexibility index (Phi) is 3.24. The average Bonchev–Trinajstić information content (AvgIpc) is 2.40. The van der Waals surface area contributed by atoms with E-state index in [0.717, 1.165) is 37.7 Å². The molecule has 4 aliphatic rings. The molecule has 0 aromatic carbocycles. The first-order valence-corrected chi connectivity index (χ1v) is 8.47. The number of amides is 1. The minimum Gasteiger partial charge on any atom is -0.390 e. The topological polar surface area (TPSA) is 62.2 Å². The van der Waals surface area contributed by atoms with Crippen molar-refractivity contribution in [2.75, 3.05) is 0 Å². The molecule has 0 spiro atoms. The lowest BCUT2D eigenvalue weighted by molar-refractivity contribution is -0.136. The van der Waals surface area contributed by atoms with Crippen LogP contribution in [-0.2, 0) is 0 Å². The molecule has 118 valence electrons. The number of hydrogen-bond acceptors (Lipinski definition) is 3. The van der Waals surface area contributed by atoms with Gasteiger partial charge >= 0.3 is 0 Å². The molecule has 0 saturated heterocycles. The summed E-state index contributed by atoms with van der Waals surface area (Å²) in [5.41, 5.74) is 0.774. The molecule has 5 heteroatoms. The van der Waals surface area contributed by atoms with Crippen molar-refractivity contribution in [2.24, 2.45) is 17.8 Å². The van der Waals surface area contributed by atoms with Gasteiger partial charge in [0.1, 0.15) is 5.69 Å². The molecule has 2 N–H and O–H groups in total. The molecule has 1 heterocycles. The number of rotatable bonds is 2. The summed E-state index contributed by atoms with van der Waals surface area (Å²) in [4.78, 5) is 16.7. The highest BCUT2D eigenvalue weighted by Gasteiger charge is 2.55. The Morgan fingerprint density at radius 3 is 2.64 bits per heavy atom. The zero-order valence-corrected chi connectivity index (χ0v) is 13.4. The van der Waals surface area contributed by atoms with Gasteiger partial charge in [0, 0.05) is 12.2 Å². The van der Waals surface area contributed by atoms with Crippen molar-refractivity contribution in [3.63, 3.8) is 0 Å². The fraction of sp³-hybridized carbons (Fsp3) is 0.647. The summed E-state index contributed by atoms with van der Waals surface area (Å²) in [6, 6.07) is 1.92. The number of carbonyl (C=O) groups excluding carboxylic acids is 1. The molecule has 22 heavy (non-hydrogen) atoms. The molecule has 4 nitrogen and oxygen atoms in total. The van der Waals surface area contributed by atoms with Crippen LogP contribution in [0.4, 0.5) is 0 Å². The van der Waals surface area contributed by atoms with Crippen molar-refractivity contribution in [1.29, 1.82) is 0 Å². The molecule has 2 atom stereocenters. The van der Waals surface area contributed by atoms with Gasteiger partial charge < -0.3 is 10.4 Å². The van der Waals surface area contributed by atoms with Crippen LogP contribution >= 0.6 is 11.6 Å². The molecule has 4 aliphatic carbocycles. The minimum atomic E-state index is -0.475. The van der Waals surface area contributed by atoms with E-state index in [4.69, 9.17) is 11.6 Å². The van der Waals surface area contributed by atoms with Gasteiger partial charge in [-0.05, 0) is 68.4 Å². The summed E-state index contributed by atoms with van der Waals surface area (Å²) in [6.07, 6.45) is 6.50. The Morgan fingerprint density at radius 2 is 2.05 bits per heavy atom. The molecule has 1 amide bonds. The van der Waals surface area contributed by atoms with Gasteiger partial charge in [-0.3, -0.25) is 4.79 Å². The average molecular weight is 321 g/mol. The van der Waals surface area contributed by atoms with Crippen LogP contribution in [0.2, 0.25) is 5.02 Å². The van der Waals surface area contributed by atoms with E-state index >= 15 is 0 Å². The van der Waals surface area contributed by atoms with Gasteiger partial charge in [-0.2, -0.15) is 0 Å².